The number of halogens is 3. The molecule has 8 nitrogen and oxygen atoms in total. The number of para-hydroxylation sites is 1. The Morgan fingerprint density at radius 2 is 1.93 bits per heavy atom. The first-order valence-corrected chi connectivity index (χ1v) is 8.21. The van der Waals surface area contributed by atoms with Gasteiger partial charge in [0.15, 0.2) is 5.69 Å². The second-order valence-corrected chi connectivity index (χ2v) is 6.16. The zero-order valence-electron chi connectivity index (χ0n) is 14.3. The number of aromatic nitrogens is 2. The van der Waals surface area contributed by atoms with E-state index in [4.69, 9.17) is 5.11 Å². The Hall–Kier alpha value is -3.37. The molecule has 2 N–H and O–H groups in total. The molecule has 3 rings (SSSR count). The zero-order valence-corrected chi connectivity index (χ0v) is 14.3. The summed E-state index contributed by atoms with van der Waals surface area (Å²) >= 11 is 0. The minimum atomic E-state index is -4.53. The van der Waals surface area contributed by atoms with E-state index in [1.54, 1.807) is 30.3 Å². The number of carboxylic acids is 1. The Bertz CT molecular complexity index is 911. The Morgan fingerprint density at radius 3 is 2.54 bits per heavy atom. The Labute approximate surface area is 156 Å². The van der Waals surface area contributed by atoms with Gasteiger partial charge in [-0.05, 0) is 18.6 Å². The van der Waals surface area contributed by atoms with Crippen LogP contribution in [0.2, 0.25) is 0 Å². The molecule has 1 aliphatic rings. The molecular weight excluding hydrogens is 381 g/mol. The van der Waals surface area contributed by atoms with Gasteiger partial charge in [-0.1, -0.05) is 18.2 Å². The summed E-state index contributed by atoms with van der Waals surface area (Å²) in [5, 5.41) is 15.4. The summed E-state index contributed by atoms with van der Waals surface area (Å²) in [5.74, 6) is -3.00. The predicted molar refractivity (Wildman–Crippen MR) is 89.0 cm³/mol. The maximum absolute atomic E-state index is 12.6. The van der Waals surface area contributed by atoms with Crippen LogP contribution in [-0.2, 0) is 4.79 Å². The Balaban J connectivity index is 1.81. The molecule has 0 bridgehead atoms. The number of hydrogen-bond acceptors (Lipinski definition) is 4. The number of alkyl halides is 3. The molecule has 2 heterocycles. The van der Waals surface area contributed by atoms with E-state index in [0.717, 1.165) is 10.7 Å². The summed E-state index contributed by atoms with van der Waals surface area (Å²) in [6.45, 7) is -1.52. The fourth-order valence-electron chi connectivity index (χ4n) is 2.89. The number of rotatable bonds is 5. The van der Waals surface area contributed by atoms with Crippen LogP contribution in [-0.4, -0.2) is 62.9 Å². The van der Waals surface area contributed by atoms with Crippen LogP contribution < -0.4 is 5.32 Å². The predicted octanol–water partition coefficient (Wildman–Crippen LogP) is 1.46. The summed E-state index contributed by atoms with van der Waals surface area (Å²) in [5.41, 5.74) is -0.118. The van der Waals surface area contributed by atoms with Crippen LogP contribution >= 0.6 is 0 Å². The molecule has 1 saturated heterocycles. The second kappa shape index (κ2) is 7.33. The molecule has 148 valence electrons. The van der Waals surface area contributed by atoms with Crippen molar-refractivity contribution in [3.63, 3.8) is 0 Å². The van der Waals surface area contributed by atoms with Gasteiger partial charge in [0.05, 0.1) is 5.69 Å². The Morgan fingerprint density at radius 1 is 1.25 bits per heavy atom. The van der Waals surface area contributed by atoms with E-state index >= 15 is 0 Å². The molecule has 11 heteroatoms. The number of hydrogen-bond donors (Lipinski definition) is 2. The lowest BCUT2D eigenvalue weighted by molar-refractivity contribution is -0.157. The van der Waals surface area contributed by atoms with E-state index in [-0.39, 0.29) is 24.4 Å². The number of likely N-dealkylation sites (tertiary alicyclic amines) is 1. The van der Waals surface area contributed by atoms with Crippen LogP contribution in [0.3, 0.4) is 0 Å². The van der Waals surface area contributed by atoms with Gasteiger partial charge in [0.2, 0.25) is 5.91 Å². The summed E-state index contributed by atoms with van der Waals surface area (Å²) in [6.07, 6.45) is -4.51. The van der Waals surface area contributed by atoms with Crippen LogP contribution in [0.5, 0.6) is 0 Å². The molecule has 0 unspecified atom stereocenters. The Kier molecular flexibility index (Phi) is 5.08. The van der Waals surface area contributed by atoms with E-state index in [2.05, 4.69) is 10.4 Å². The molecule has 0 radical (unpaired) electrons. The van der Waals surface area contributed by atoms with E-state index in [0.29, 0.717) is 10.6 Å². The smallest absolute Gasteiger partial charge is 0.406 e. The van der Waals surface area contributed by atoms with Crippen LogP contribution in [0.1, 0.15) is 27.4 Å². The molecule has 0 spiro atoms. The first-order chi connectivity index (χ1) is 13.2. The highest BCUT2D eigenvalue weighted by Gasteiger charge is 2.40. The van der Waals surface area contributed by atoms with Gasteiger partial charge in [-0.3, -0.25) is 9.59 Å². The van der Waals surface area contributed by atoms with Gasteiger partial charge in [-0.2, -0.15) is 18.3 Å². The van der Waals surface area contributed by atoms with Crippen molar-refractivity contribution in [3.8, 4) is 5.69 Å². The summed E-state index contributed by atoms with van der Waals surface area (Å²) in [4.78, 5) is 36.6. The second-order valence-electron chi connectivity index (χ2n) is 6.16. The number of amides is 2. The van der Waals surface area contributed by atoms with Gasteiger partial charge in [0.1, 0.15) is 18.3 Å². The number of nitrogens with zero attached hydrogens (tertiary/aromatic N) is 3. The highest BCUT2D eigenvalue weighted by Crippen LogP contribution is 2.21. The van der Waals surface area contributed by atoms with Gasteiger partial charge in [-0.25, -0.2) is 9.48 Å². The molecule has 0 saturated carbocycles. The molecule has 1 aliphatic heterocycles. The SMILES string of the molecule is O=C(O)c1cc(C(=O)N[C@H]2CCN(CC(F)(F)F)C2=O)n(-c2ccccc2)n1. The third kappa shape index (κ3) is 4.13. The molecule has 1 atom stereocenters. The number of aromatic carboxylic acids is 1. The van der Waals surface area contributed by atoms with Crippen molar-refractivity contribution >= 4 is 17.8 Å². The van der Waals surface area contributed by atoms with Crippen molar-refractivity contribution in [1.29, 1.82) is 0 Å². The quantitative estimate of drug-likeness (QED) is 0.796. The molecular formula is C17H15F3N4O4. The molecule has 1 aromatic carbocycles. The van der Waals surface area contributed by atoms with E-state index in [1.165, 1.54) is 0 Å². The molecule has 1 aromatic heterocycles. The largest absolute Gasteiger partial charge is 0.476 e. The highest BCUT2D eigenvalue weighted by molar-refractivity contribution is 5.99. The van der Waals surface area contributed by atoms with Crippen LogP contribution in [0.25, 0.3) is 5.69 Å². The van der Waals surface area contributed by atoms with Crippen LogP contribution in [0.4, 0.5) is 13.2 Å². The summed E-state index contributed by atoms with van der Waals surface area (Å²) in [7, 11) is 0. The number of benzene rings is 1. The molecule has 2 aromatic rings. The van der Waals surface area contributed by atoms with Gasteiger partial charge >= 0.3 is 12.1 Å². The monoisotopic (exact) mass is 396 g/mol. The van der Waals surface area contributed by atoms with Crippen molar-refractivity contribution in [2.45, 2.75) is 18.6 Å². The van der Waals surface area contributed by atoms with Crippen LogP contribution in [0.15, 0.2) is 36.4 Å². The summed E-state index contributed by atoms with van der Waals surface area (Å²) < 4.78 is 38.6. The van der Waals surface area contributed by atoms with Crippen molar-refractivity contribution in [2.24, 2.45) is 0 Å². The van der Waals surface area contributed by atoms with E-state index < -0.39 is 36.5 Å². The lowest BCUT2D eigenvalue weighted by Gasteiger charge is -2.18. The molecule has 28 heavy (non-hydrogen) atoms. The summed E-state index contributed by atoms with van der Waals surface area (Å²) in [6, 6.07) is 8.16. The first kappa shape index (κ1) is 19.4. The van der Waals surface area contributed by atoms with Gasteiger partial charge in [0.25, 0.3) is 5.91 Å². The van der Waals surface area contributed by atoms with Gasteiger partial charge in [0, 0.05) is 12.6 Å². The minimum absolute atomic E-state index is 0.0198. The zero-order chi connectivity index (χ0) is 20.5. The van der Waals surface area contributed by atoms with Crippen molar-refractivity contribution < 1.29 is 32.7 Å². The average Bonchev–Trinajstić information content (AvgIpc) is 3.21. The van der Waals surface area contributed by atoms with Crippen LogP contribution in [0, 0.1) is 0 Å². The van der Waals surface area contributed by atoms with Gasteiger partial charge in [-0.15, -0.1) is 0 Å². The number of nitrogens with one attached hydrogen (secondary N) is 1. The number of carbonyl (C=O) groups excluding carboxylic acids is 2. The fourth-order valence-corrected chi connectivity index (χ4v) is 2.89. The van der Waals surface area contributed by atoms with Crippen molar-refractivity contribution in [1.82, 2.24) is 20.0 Å². The third-order valence-corrected chi connectivity index (χ3v) is 4.13. The average molecular weight is 396 g/mol. The third-order valence-electron chi connectivity index (χ3n) is 4.13. The highest BCUT2D eigenvalue weighted by atomic mass is 19.4. The lowest BCUT2D eigenvalue weighted by atomic mass is 10.2. The standard InChI is InChI=1S/C17H15F3N4O4/c18-17(19,20)9-23-7-6-11(15(23)26)21-14(25)13-8-12(16(27)28)22-24(13)10-4-2-1-3-5-10/h1-5,8,11H,6-7,9H2,(H,21,25)(H,27,28)/t11-/m0/s1. The van der Waals surface area contributed by atoms with E-state index in [9.17, 15) is 27.6 Å². The van der Waals surface area contributed by atoms with Crippen molar-refractivity contribution in [3.05, 3.63) is 47.8 Å². The topological polar surface area (TPSA) is 105 Å². The maximum Gasteiger partial charge on any atom is 0.406 e. The molecule has 1 fully saturated rings. The number of carbonyl (C=O) groups is 3. The molecule has 2 amide bonds. The maximum atomic E-state index is 12.6. The number of carboxylic acid groups (broad SMARTS) is 1. The lowest BCUT2D eigenvalue weighted by Crippen LogP contribution is -2.44. The molecule has 0 aliphatic carbocycles. The van der Waals surface area contributed by atoms with Gasteiger partial charge < -0.3 is 15.3 Å². The normalized spacial score (nSPS) is 17.0. The van der Waals surface area contributed by atoms with E-state index in [1.807, 2.05) is 0 Å². The fraction of sp³-hybridized carbons (Fsp3) is 0.294. The minimum Gasteiger partial charge on any atom is -0.476 e. The first-order valence-electron chi connectivity index (χ1n) is 8.21. The van der Waals surface area contributed by atoms with Crippen molar-refractivity contribution in [2.75, 3.05) is 13.1 Å².